The first-order valence-corrected chi connectivity index (χ1v) is 8.02. The summed E-state index contributed by atoms with van der Waals surface area (Å²) in [6, 6.07) is -0.0874. The fourth-order valence-electron chi connectivity index (χ4n) is 2.62. The minimum atomic E-state index is -0.261. The van der Waals surface area contributed by atoms with E-state index >= 15 is 0 Å². The Morgan fingerprint density at radius 1 is 1.55 bits per heavy atom. The first-order chi connectivity index (χ1) is 9.58. The van der Waals surface area contributed by atoms with E-state index < -0.39 is 0 Å². The highest BCUT2D eigenvalue weighted by Gasteiger charge is 2.25. The van der Waals surface area contributed by atoms with Gasteiger partial charge in [-0.25, -0.2) is 9.78 Å². The van der Waals surface area contributed by atoms with Crippen molar-refractivity contribution in [1.29, 1.82) is 0 Å². The quantitative estimate of drug-likeness (QED) is 0.895. The Morgan fingerprint density at radius 2 is 2.30 bits per heavy atom. The third kappa shape index (κ3) is 3.93. The van der Waals surface area contributed by atoms with Gasteiger partial charge in [-0.15, -0.1) is 11.3 Å². The molecule has 0 bridgehead atoms. The van der Waals surface area contributed by atoms with Crippen molar-refractivity contribution < 1.29 is 9.90 Å². The molecule has 0 radical (unpaired) electrons. The second-order valence-electron chi connectivity index (χ2n) is 5.51. The van der Waals surface area contributed by atoms with Crippen molar-refractivity contribution >= 4 is 17.4 Å². The van der Waals surface area contributed by atoms with Gasteiger partial charge in [0.15, 0.2) is 0 Å². The topological polar surface area (TPSA) is 65.5 Å². The number of urea groups is 1. The summed E-state index contributed by atoms with van der Waals surface area (Å²) in [4.78, 5) is 19.0. The number of nitrogens with zero attached hydrogens (tertiary/aromatic N) is 2. The zero-order valence-electron chi connectivity index (χ0n) is 12.1. The maximum Gasteiger partial charge on any atom is 0.317 e. The van der Waals surface area contributed by atoms with Crippen LogP contribution in [0.5, 0.6) is 0 Å². The van der Waals surface area contributed by atoms with Gasteiger partial charge in [0.25, 0.3) is 0 Å². The zero-order valence-corrected chi connectivity index (χ0v) is 12.9. The highest BCUT2D eigenvalue weighted by Crippen LogP contribution is 2.24. The van der Waals surface area contributed by atoms with Gasteiger partial charge in [-0.05, 0) is 19.8 Å². The number of aryl methyl sites for hydroxylation is 1. The van der Waals surface area contributed by atoms with Crippen LogP contribution in [0.4, 0.5) is 4.79 Å². The summed E-state index contributed by atoms with van der Waals surface area (Å²) in [5.74, 6) is 0.213. The normalized spacial score (nSPS) is 22.6. The third-order valence-corrected chi connectivity index (χ3v) is 4.90. The SMILES string of the molecule is Cc1ncsc1CNC(=O)N(C)CC1CCCCC1O. The van der Waals surface area contributed by atoms with Gasteiger partial charge in [0.05, 0.1) is 23.9 Å². The van der Waals surface area contributed by atoms with E-state index in [4.69, 9.17) is 0 Å². The van der Waals surface area contributed by atoms with E-state index in [1.54, 1.807) is 28.8 Å². The smallest absolute Gasteiger partial charge is 0.317 e. The predicted molar refractivity (Wildman–Crippen MR) is 79.7 cm³/mol. The average Bonchev–Trinajstić information content (AvgIpc) is 2.84. The van der Waals surface area contributed by atoms with Crippen LogP contribution in [0, 0.1) is 12.8 Å². The van der Waals surface area contributed by atoms with E-state index in [0.29, 0.717) is 13.1 Å². The Kier molecular flexibility index (Phi) is 5.37. The molecule has 1 saturated carbocycles. The van der Waals surface area contributed by atoms with Crippen LogP contribution in [0.3, 0.4) is 0 Å². The molecule has 1 aromatic heterocycles. The Balaban J connectivity index is 1.78. The van der Waals surface area contributed by atoms with Crippen molar-refractivity contribution in [3.8, 4) is 0 Å². The molecule has 2 amide bonds. The van der Waals surface area contributed by atoms with Crippen LogP contribution in [-0.2, 0) is 6.54 Å². The Bertz CT molecular complexity index is 449. The molecule has 1 aliphatic rings. The molecule has 2 N–H and O–H groups in total. The van der Waals surface area contributed by atoms with Crippen LogP contribution in [-0.4, -0.2) is 40.7 Å². The third-order valence-electron chi connectivity index (χ3n) is 3.97. The molecule has 5 nitrogen and oxygen atoms in total. The fraction of sp³-hybridized carbons (Fsp3) is 0.714. The van der Waals surface area contributed by atoms with E-state index in [2.05, 4.69) is 10.3 Å². The van der Waals surface area contributed by atoms with E-state index in [9.17, 15) is 9.90 Å². The van der Waals surface area contributed by atoms with Crippen molar-refractivity contribution in [2.75, 3.05) is 13.6 Å². The number of hydrogen-bond acceptors (Lipinski definition) is 4. The van der Waals surface area contributed by atoms with Crippen LogP contribution >= 0.6 is 11.3 Å². The van der Waals surface area contributed by atoms with Crippen LogP contribution in [0.1, 0.15) is 36.3 Å². The molecule has 2 unspecified atom stereocenters. The number of aliphatic hydroxyl groups excluding tert-OH is 1. The summed E-state index contributed by atoms with van der Waals surface area (Å²) in [6.07, 6.45) is 3.85. The van der Waals surface area contributed by atoms with Crippen LogP contribution in [0.25, 0.3) is 0 Å². The summed E-state index contributed by atoms with van der Waals surface area (Å²) in [5.41, 5.74) is 2.76. The van der Waals surface area contributed by atoms with Crippen molar-refractivity contribution in [2.45, 2.75) is 45.3 Å². The summed E-state index contributed by atoms with van der Waals surface area (Å²) in [5, 5.41) is 12.9. The largest absolute Gasteiger partial charge is 0.393 e. The number of aliphatic hydroxyl groups is 1. The van der Waals surface area contributed by atoms with Crippen molar-refractivity contribution in [1.82, 2.24) is 15.2 Å². The molecule has 1 aromatic rings. The van der Waals surface area contributed by atoms with Crippen molar-refractivity contribution in [3.63, 3.8) is 0 Å². The number of carbonyl (C=O) groups excluding carboxylic acids is 1. The van der Waals surface area contributed by atoms with Gasteiger partial charge in [-0.3, -0.25) is 0 Å². The number of amides is 2. The highest BCUT2D eigenvalue weighted by molar-refractivity contribution is 7.09. The lowest BCUT2D eigenvalue weighted by molar-refractivity contribution is 0.0565. The summed E-state index contributed by atoms with van der Waals surface area (Å²) in [7, 11) is 1.79. The van der Waals surface area contributed by atoms with Crippen LogP contribution < -0.4 is 5.32 Å². The molecule has 0 spiro atoms. The minimum absolute atomic E-state index is 0.0874. The lowest BCUT2D eigenvalue weighted by Crippen LogP contribution is -2.42. The van der Waals surface area contributed by atoms with Gasteiger partial charge >= 0.3 is 6.03 Å². The molecule has 112 valence electrons. The van der Waals surface area contributed by atoms with E-state index in [0.717, 1.165) is 36.3 Å². The number of nitrogens with one attached hydrogen (secondary N) is 1. The van der Waals surface area contributed by atoms with E-state index in [-0.39, 0.29) is 18.1 Å². The second-order valence-corrected chi connectivity index (χ2v) is 6.45. The minimum Gasteiger partial charge on any atom is -0.393 e. The number of thiazole rings is 1. The molecule has 2 atom stereocenters. The summed E-state index contributed by atoms with van der Waals surface area (Å²) in [6.45, 7) is 3.08. The predicted octanol–water partition coefficient (Wildman–Crippen LogP) is 2.14. The maximum atomic E-state index is 12.0. The molecule has 0 saturated heterocycles. The molecular formula is C14H23N3O2S. The van der Waals surface area contributed by atoms with E-state index in [1.807, 2.05) is 6.92 Å². The number of hydrogen-bond donors (Lipinski definition) is 2. The van der Waals surface area contributed by atoms with Gasteiger partial charge in [0.1, 0.15) is 0 Å². The van der Waals surface area contributed by atoms with Gasteiger partial charge < -0.3 is 15.3 Å². The Morgan fingerprint density at radius 3 is 2.95 bits per heavy atom. The first kappa shape index (κ1) is 15.3. The lowest BCUT2D eigenvalue weighted by atomic mass is 9.86. The molecule has 0 aromatic carbocycles. The summed E-state index contributed by atoms with van der Waals surface area (Å²) >= 11 is 1.55. The molecular weight excluding hydrogens is 274 g/mol. The van der Waals surface area contributed by atoms with Gasteiger partial charge in [0, 0.05) is 24.4 Å². The van der Waals surface area contributed by atoms with Crippen molar-refractivity contribution in [2.24, 2.45) is 5.92 Å². The number of rotatable bonds is 4. The maximum absolute atomic E-state index is 12.0. The van der Waals surface area contributed by atoms with Gasteiger partial charge in [-0.1, -0.05) is 12.8 Å². The monoisotopic (exact) mass is 297 g/mol. The first-order valence-electron chi connectivity index (χ1n) is 7.14. The molecule has 2 rings (SSSR count). The number of carbonyl (C=O) groups is 1. The number of aromatic nitrogens is 1. The standard InChI is InChI=1S/C14H23N3O2S/c1-10-13(20-9-16-10)7-15-14(19)17(2)8-11-5-3-4-6-12(11)18/h9,11-12,18H,3-8H2,1-2H3,(H,15,19). The lowest BCUT2D eigenvalue weighted by Gasteiger charge is -2.31. The highest BCUT2D eigenvalue weighted by atomic mass is 32.1. The zero-order chi connectivity index (χ0) is 14.5. The Labute approximate surface area is 124 Å². The molecule has 20 heavy (non-hydrogen) atoms. The van der Waals surface area contributed by atoms with Gasteiger partial charge in [0.2, 0.25) is 0 Å². The van der Waals surface area contributed by atoms with Crippen LogP contribution in [0.15, 0.2) is 5.51 Å². The van der Waals surface area contributed by atoms with Crippen LogP contribution in [0.2, 0.25) is 0 Å². The molecule has 1 aliphatic carbocycles. The van der Waals surface area contributed by atoms with E-state index in [1.165, 1.54) is 0 Å². The van der Waals surface area contributed by atoms with Gasteiger partial charge in [-0.2, -0.15) is 0 Å². The Hall–Kier alpha value is -1.14. The molecule has 1 heterocycles. The molecule has 6 heteroatoms. The second kappa shape index (κ2) is 7.04. The summed E-state index contributed by atoms with van der Waals surface area (Å²) < 4.78 is 0. The average molecular weight is 297 g/mol. The fourth-order valence-corrected chi connectivity index (χ4v) is 3.34. The molecule has 0 aliphatic heterocycles. The molecule has 1 fully saturated rings. The van der Waals surface area contributed by atoms with Crippen molar-refractivity contribution in [3.05, 3.63) is 16.1 Å².